The topological polar surface area (TPSA) is 89.4 Å². The Kier molecular flexibility index (Phi) is 1280. The van der Waals surface area contributed by atoms with Crippen molar-refractivity contribution >= 4 is 0 Å². The summed E-state index contributed by atoms with van der Waals surface area (Å²) in [5, 5.41) is 0. The Hall–Kier alpha value is -0.316. The van der Waals surface area contributed by atoms with Crippen molar-refractivity contribution in [3.05, 3.63) is 0 Å². The molecule has 0 bridgehead atoms. The minimum absolute atomic E-state index is 0. The quantitative estimate of drug-likeness (QED) is 0.592. The molecule has 0 spiro atoms. The molecule has 0 fully saturated rings. The molecule has 11 heavy (non-hydrogen) atoms. The molecule has 0 aliphatic heterocycles. The van der Waals surface area contributed by atoms with E-state index in [0.717, 1.165) is 0 Å². The average molecular weight is 237 g/mol. The van der Waals surface area contributed by atoms with Crippen LogP contribution in [-0.4, -0.2) is 4.03 Å². The minimum atomic E-state index is -3.69. The van der Waals surface area contributed by atoms with Crippen LogP contribution in [0.5, 0.6) is 0 Å². The van der Waals surface area contributed by atoms with Crippen LogP contribution < -0.4 is 6.15 Å². The predicted molar refractivity (Wildman–Crippen MR) is 23.6 cm³/mol. The molecule has 11 heteroatoms. The van der Waals surface area contributed by atoms with Gasteiger partial charge in [-0.05, 0) is 0 Å². The number of hydrogen-bond donors (Lipinski definition) is 2. The van der Waals surface area contributed by atoms with Gasteiger partial charge < -0.3 is 6.15 Å². The molecule has 0 aromatic heterocycles. The molecule has 0 amide bonds. The third-order valence-electron chi connectivity index (χ3n) is 0. The van der Waals surface area contributed by atoms with Crippen molar-refractivity contribution in [3.8, 4) is 0 Å². The molecule has 0 atom stereocenters. The zero-order chi connectivity index (χ0) is 3.58. The summed E-state index contributed by atoms with van der Waals surface area (Å²) in [4.78, 5) is 0. The van der Waals surface area contributed by atoms with Crippen LogP contribution in [0.1, 0.15) is 0 Å². The number of rotatable bonds is 0. The Labute approximate surface area is 62.1 Å². The van der Waals surface area contributed by atoms with Crippen LogP contribution in [0.15, 0.2) is 0 Å². The Balaban J connectivity index is -0.00000000214. The third kappa shape index (κ3) is 5740. The Morgan fingerprint density at radius 3 is 0.727 bits per heavy atom. The molecule has 0 unspecified atom stereocenters. The zero-order valence-electron chi connectivity index (χ0n) is 4.87. The molecule has 0 aliphatic rings. The van der Waals surface area contributed by atoms with Crippen molar-refractivity contribution in [3.63, 3.8) is 0 Å². The van der Waals surface area contributed by atoms with Crippen molar-refractivity contribution in [2.75, 3.05) is 0 Å². The molecule has 0 aromatic rings. The molecule has 0 radical (unpaired) electrons. The van der Waals surface area contributed by atoms with Crippen LogP contribution in [0.4, 0.5) is 28.2 Å². The van der Waals surface area contributed by atoms with Gasteiger partial charge in [-0.25, -0.2) is 0 Å². The first-order chi connectivity index (χ1) is 1.73. The van der Waals surface area contributed by atoms with Gasteiger partial charge in [0.25, 0.3) is 0 Å². The fourth-order valence-corrected chi connectivity index (χ4v) is 0. The Morgan fingerprint density at radius 1 is 0.727 bits per heavy atom. The fourth-order valence-electron chi connectivity index (χ4n) is 0. The van der Waals surface area contributed by atoms with Crippen molar-refractivity contribution in [2.45, 2.75) is 0 Å². The summed E-state index contributed by atoms with van der Waals surface area (Å²) >= 11 is -3.69. The van der Waals surface area contributed by atoms with Crippen LogP contribution in [0, 0.1) is 0 Å². The normalized spacial score (nSPS) is 2.27. The first-order valence-corrected chi connectivity index (χ1v) is 2.33. The predicted octanol–water partition coefficient (Wildman–Crippen LogP) is 0.280. The molecular formula is H10F6NO3V. The van der Waals surface area contributed by atoms with Crippen LogP contribution in [0.2, 0.25) is 0 Å². The second-order valence-corrected chi connectivity index (χ2v) is 0.981. The van der Waals surface area contributed by atoms with Crippen LogP contribution in [-0.2, 0) is 22.7 Å². The van der Waals surface area contributed by atoms with Crippen molar-refractivity contribution in [1.29, 1.82) is 0 Å². The zero-order valence-corrected chi connectivity index (χ0v) is 6.26. The summed E-state index contributed by atoms with van der Waals surface area (Å²) in [7, 11) is 0. The number of hydrogen-bond acceptors (Lipinski definition) is 3. The molecule has 0 saturated carbocycles. The molecule has 0 aromatic carbocycles. The van der Waals surface area contributed by atoms with Crippen molar-refractivity contribution < 1.29 is 55.0 Å². The maximum atomic E-state index is 8.67. The van der Waals surface area contributed by atoms with Crippen molar-refractivity contribution in [1.82, 2.24) is 6.15 Å². The van der Waals surface area contributed by atoms with Crippen LogP contribution in [0.25, 0.3) is 0 Å². The van der Waals surface area contributed by atoms with Crippen molar-refractivity contribution in [2.24, 2.45) is 0 Å². The van der Waals surface area contributed by atoms with Gasteiger partial charge in [-0.15, -0.1) is 0 Å². The van der Waals surface area contributed by atoms with E-state index in [1.807, 2.05) is 0 Å². The summed E-state index contributed by atoms with van der Waals surface area (Å²) in [6.45, 7) is 0. The van der Waals surface area contributed by atoms with E-state index in [0.29, 0.717) is 0 Å². The SMILES string of the molecule is F.F.F.F.F.F.N.[O]=[V](=[O])[OH]. The van der Waals surface area contributed by atoms with Gasteiger partial charge in [-0.1, -0.05) is 0 Å². The van der Waals surface area contributed by atoms with Gasteiger partial charge in [0.2, 0.25) is 0 Å². The van der Waals surface area contributed by atoms with Crippen LogP contribution in [0.3, 0.4) is 0 Å². The van der Waals surface area contributed by atoms with E-state index in [-0.39, 0.29) is 34.4 Å². The van der Waals surface area contributed by atoms with Crippen LogP contribution >= 0.6 is 0 Å². The molecular weight excluding hydrogens is 227 g/mol. The van der Waals surface area contributed by atoms with E-state index in [1.165, 1.54) is 0 Å². The summed E-state index contributed by atoms with van der Waals surface area (Å²) < 4.78 is 24.4. The average Bonchev–Trinajstić information content (AvgIpc) is 0.811. The van der Waals surface area contributed by atoms with Gasteiger partial charge in [0.1, 0.15) is 0 Å². The van der Waals surface area contributed by atoms with E-state index >= 15 is 0 Å². The first kappa shape index (κ1) is 139. The summed E-state index contributed by atoms with van der Waals surface area (Å²) in [6, 6.07) is 0. The maximum absolute atomic E-state index is 8.67. The van der Waals surface area contributed by atoms with Gasteiger partial charge in [0.15, 0.2) is 0 Å². The Bertz CT molecular complexity index is 66.2. The van der Waals surface area contributed by atoms with E-state index < -0.39 is 15.4 Å². The molecule has 4 nitrogen and oxygen atoms in total. The van der Waals surface area contributed by atoms with Gasteiger partial charge in [-0.3, -0.25) is 28.2 Å². The summed E-state index contributed by atoms with van der Waals surface area (Å²) in [5.74, 6) is 0. The van der Waals surface area contributed by atoms with Gasteiger partial charge >= 0.3 is 26.8 Å². The van der Waals surface area contributed by atoms with E-state index in [1.54, 1.807) is 0 Å². The van der Waals surface area contributed by atoms with Gasteiger partial charge in [0, 0.05) is 0 Å². The monoisotopic (exact) mass is 237 g/mol. The molecule has 0 saturated heterocycles. The summed E-state index contributed by atoms with van der Waals surface area (Å²) in [5.41, 5.74) is 0. The molecule has 0 heterocycles. The molecule has 0 aliphatic carbocycles. The van der Waals surface area contributed by atoms with Gasteiger partial charge in [-0.2, -0.15) is 0 Å². The molecule has 0 rings (SSSR count). The number of halogens is 6. The summed E-state index contributed by atoms with van der Waals surface area (Å²) in [6.07, 6.45) is 0. The fraction of sp³-hybridized carbons (Fsp3) is 0. The van der Waals surface area contributed by atoms with Gasteiger partial charge in [0.05, 0.1) is 0 Å². The molecule has 80 valence electrons. The third-order valence-corrected chi connectivity index (χ3v) is 0. The first-order valence-electron chi connectivity index (χ1n) is 0.565. The second-order valence-electron chi connectivity index (χ2n) is 0.238. The van der Waals surface area contributed by atoms with E-state index in [4.69, 9.17) is 11.4 Å². The standard InChI is InChI=1S/6FH.H3N.H2O.2O.V/h6*1H;1H3;1H2;;;/q;;;;;;;;;;+1/p-1. The van der Waals surface area contributed by atoms with E-state index in [2.05, 4.69) is 0 Å². The molecule has 4 N–H and O–H groups in total. The Morgan fingerprint density at radius 2 is 0.727 bits per heavy atom. The second kappa shape index (κ2) is 101. The van der Waals surface area contributed by atoms with E-state index in [9.17, 15) is 0 Å².